The Bertz CT molecular complexity index is 1100. The fraction of sp³-hybridized carbons (Fsp3) is 0.364. The molecule has 1 aliphatic heterocycles. The van der Waals surface area contributed by atoms with E-state index < -0.39 is 0 Å². The maximum atomic E-state index is 12.9. The van der Waals surface area contributed by atoms with Crippen LogP contribution in [-0.2, 0) is 4.74 Å². The van der Waals surface area contributed by atoms with Crippen molar-refractivity contribution < 1.29 is 4.74 Å². The second-order valence-electron chi connectivity index (χ2n) is 7.29. The number of nitrogens with one attached hydrogen (secondary N) is 1. The number of aromatic nitrogens is 1. The highest BCUT2D eigenvalue weighted by molar-refractivity contribution is 7.18. The fourth-order valence-electron chi connectivity index (χ4n) is 3.79. The van der Waals surface area contributed by atoms with Gasteiger partial charge in [-0.2, -0.15) is 5.10 Å². The van der Waals surface area contributed by atoms with Crippen molar-refractivity contribution in [3.8, 4) is 0 Å². The molecule has 5 nitrogen and oxygen atoms in total. The van der Waals surface area contributed by atoms with Gasteiger partial charge in [0.15, 0.2) is 0 Å². The van der Waals surface area contributed by atoms with E-state index in [0.717, 1.165) is 21.5 Å². The zero-order valence-corrected chi connectivity index (χ0v) is 17.5. The highest BCUT2D eigenvalue weighted by Gasteiger charge is 2.31. The third-order valence-corrected chi connectivity index (χ3v) is 6.23. The summed E-state index contributed by atoms with van der Waals surface area (Å²) in [5.41, 5.74) is 4.88. The smallest absolute Gasteiger partial charge is 0.258 e. The van der Waals surface area contributed by atoms with Crippen LogP contribution in [0.25, 0.3) is 10.2 Å². The Morgan fingerprint density at radius 2 is 2.00 bits per heavy atom. The van der Waals surface area contributed by atoms with E-state index in [1.165, 1.54) is 16.0 Å². The average Bonchev–Trinajstić information content (AvgIpc) is 3.24. The Hall–Kier alpha value is -2.44. The number of hydrogen-bond acceptors (Lipinski definition) is 5. The van der Waals surface area contributed by atoms with E-state index in [2.05, 4.69) is 49.2 Å². The molecule has 2 aromatic heterocycles. The molecule has 28 heavy (non-hydrogen) atoms. The van der Waals surface area contributed by atoms with Gasteiger partial charge in [-0.15, -0.1) is 11.3 Å². The normalized spacial score (nSPS) is 16.8. The minimum Gasteiger partial charge on any atom is -0.360 e. The van der Waals surface area contributed by atoms with Gasteiger partial charge in [0, 0.05) is 23.3 Å². The fourth-order valence-corrected chi connectivity index (χ4v) is 4.76. The zero-order chi connectivity index (χ0) is 19.8. The number of ether oxygens (including phenoxy) is 1. The van der Waals surface area contributed by atoms with Crippen LogP contribution in [-0.4, -0.2) is 29.0 Å². The van der Waals surface area contributed by atoms with Crippen molar-refractivity contribution in [1.82, 2.24) is 9.99 Å². The number of benzene rings is 1. The molecule has 0 saturated heterocycles. The van der Waals surface area contributed by atoms with Gasteiger partial charge in [0.1, 0.15) is 11.6 Å². The van der Waals surface area contributed by atoms with Gasteiger partial charge < -0.3 is 9.72 Å². The number of hydrogen-bond donors (Lipinski definition) is 1. The van der Waals surface area contributed by atoms with Crippen LogP contribution in [0.2, 0.25) is 0 Å². The highest BCUT2D eigenvalue weighted by Crippen LogP contribution is 2.34. The quantitative estimate of drug-likeness (QED) is 0.683. The molecule has 1 atom stereocenters. The first-order chi connectivity index (χ1) is 13.5. The Morgan fingerprint density at radius 1 is 1.25 bits per heavy atom. The number of rotatable bonds is 5. The first kappa shape index (κ1) is 18.9. The maximum Gasteiger partial charge on any atom is 0.258 e. The van der Waals surface area contributed by atoms with Crippen LogP contribution in [0.5, 0.6) is 0 Å². The van der Waals surface area contributed by atoms with Gasteiger partial charge in [-0.25, -0.2) is 0 Å². The predicted molar refractivity (Wildman–Crippen MR) is 115 cm³/mol. The summed E-state index contributed by atoms with van der Waals surface area (Å²) in [6, 6.07) is 10.7. The average molecular weight is 396 g/mol. The number of thiophene rings is 1. The van der Waals surface area contributed by atoms with Crippen LogP contribution in [0.3, 0.4) is 0 Å². The van der Waals surface area contributed by atoms with Crippen LogP contribution >= 0.6 is 11.3 Å². The van der Waals surface area contributed by atoms with Crippen molar-refractivity contribution >= 4 is 27.3 Å². The predicted octanol–water partition coefficient (Wildman–Crippen LogP) is 4.66. The zero-order valence-electron chi connectivity index (χ0n) is 16.7. The van der Waals surface area contributed by atoms with E-state index >= 15 is 0 Å². The molecular weight excluding hydrogens is 370 g/mol. The molecule has 3 heterocycles. The van der Waals surface area contributed by atoms with Gasteiger partial charge >= 0.3 is 0 Å². The number of hydrazone groups is 1. The number of fused-ring (bicyclic) bond motifs is 1. The number of aromatic amines is 1. The highest BCUT2D eigenvalue weighted by atomic mass is 32.1. The van der Waals surface area contributed by atoms with E-state index in [4.69, 9.17) is 9.84 Å². The first-order valence-electron chi connectivity index (χ1n) is 9.59. The number of aryl methyl sites for hydroxylation is 3. The molecule has 0 aliphatic carbocycles. The van der Waals surface area contributed by atoms with E-state index in [1.54, 1.807) is 11.3 Å². The Balaban J connectivity index is 1.76. The lowest BCUT2D eigenvalue weighted by molar-refractivity contribution is 0.0197. The van der Waals surface area contributed by atoms with Gasteiger partial charge in [-0.05, 0) is 44.9 Å². The summed E-state index contributed by atoms with van der Waals surface area (Å²) >= 11 is 1.62. The van der Waals surface area contributed by atoms with Crippen molar-refractivity contribution in [2.24, 2.45) is 5.10 Å². The summed E-state index contributed by atoms with van der Waals surface area (Å²) in [6.07, 6.45) is 0.689. The molecule has 1 unspecified atom stereocenters. The van der Waals surface area contributed by atoms with Gasteiger partial charge in [0.25, 0.3) is 5.56 Å². The monoisotopic (exact) mass is 395 g/mol. The SMILES string of the molecule is CCOCN1N=C(c2c(C)c3cc(C)sc3[nH]c2=O)CC1c1ccc(C)cc1. The second-order valence-corrected chi connectivity index (χ2v) is 8.55. The molecule has 0 saturated carbocycles. The molecule has 0 spiro atoms. The third kappa shape index (κ3) is 3.38. The van der Waals surface area contributed by atoms with Crippen LogP contribution in [0.15, 0.2) is 40.2 Å². The molecule has 146 valence electrons. The minimum atomic E-state index is -0.0634. The Labute approximate surface area is 168 Å². The third-order valence-electron chi connectivity index (χ3n) is 5.26. The minimum absolute atomic E-state index is 0.0634. The maximum absolute atomic E-state index is 12.9. The van der Waals surface area contributed by atoms with Crippen molar-refractivity contribution in [1.29, 1.82) is 0 Å². The van der Waals surface area contributed by atoms with E-state index in [0.29, 0.717) is 25.3 Å². The number of nitrogens with zero attached hydrogens (tertiary/aromatic N) is 2. The lowest BCUT2D eigenvalue weighted by atomic mass is 9.96. The number of pyridine rings is 1. The van der Waals surface area contributed by atoms with Crippen molar-refractivity contribution in [2.75, 3.05) is 13.3 Å². The summed E-state index contributed by atoms with van der Waals surface area (Å²) in [5.74, 6) is 0. The standard InChI is InChI=1S/C22H25N3O2S/c1-5-27-12-25-19(16-8-6-13(2)7-9-16)11-18(24-25)20-15(4)17-10-14(3)28-22(17)23-21(20)26/h6-10,19H,5,11-12H2,1-4H3,(H,23,26). The molecule has 0 amide bonds. The summed E-state index contributed by atoms with van der Waals surface area (Å²) in [5, 5.41) is 7.89. The number of H-pyrrole nitrogens is 1. The molecule has 0 fully saturated rings. The van der Waals surface area contributed by atoms with Crippen LogP contribution in [0.1, 0.15) is 46.5 Å². The molecule has 6 heteroatoms. The van der Waals surface area contributed by atoms with Crippen LogP contribution in [0.4, 0.5) is 0 Å². The van der Waals surface area contributed by atoms with Gasteiger partial charge in [-0.3, -0.25) is 9.80 Å². The lowest BCUT2D eigenvalue weighted by Gasteiger charge is -2.23. The van der Waals surface area contributed by atoms with Gasteiger partial charge in [-0.1, -0.05) is 29.8 Å². The van der Waals surface area contributed by atoms with Gasteiger partial charge in [0.05, 0.1) is 17.3 Å². The molecule has 1 aliphatic rings. The van der Waals surface area contributed by atoms with E-state index in [1.807, 2.05) is 18.9 Å². The molecule has 1 aromatic carbocycles. The molecule has 1 N–H and O–H groups in total. The van der Waals surface area contributed by atoms with Crippen LogP contribution < -0.4 is 5.56 Å². The topological polar surface area (TPSA) is 57.7 Å². The molecule has 0 radical (unpaired) electrons. The van der Waals surface area contributed by atoms with Crippen molar-refractivity contribution in [3.05, 3.63) is 67.8 Å². The van der Waals surface area contributed by atoms with Crippen molar-refractivity contribution in [3.63, 3.8) is 0 Å². The van der Waals surface area contributed by atoms with Gasteiger partial charge in [0.2, 0.25) is 0 Å². The molecule has 3 aromatic rings. The van der Waals surface area contributed by atoms with Crippen LogP contribution in [0, 0.1) is 20.8 Å². The summed E-state index contributed by atoms with van der Waals surface area (Å²) < 4.78 is 5.65. The second kappa shape index (κ2) is 7.53. The van der Waals surface area contributed by atoms with Crippen molar-refractivity contribution in [2.45, 2.75) is 40.2 Å². The first-order valence-corrected chi connectivity index (χ1v) is 10.4. The Morgan fingerprint density at radius 3 is 2.71 bits per heavy atom. The summed E-state index contributed by atoms with van der Waals surface area (Å²) in [7, 11) is 0. The lowest BCUT2D eigenvalue weighted by Crippen LogP contribution is -2.22. The summed E-state index contributed by atoms with van der Waals surface area (Å²) in [6.45, 7) is 9.18. The molecule has 0 bridgehead atoms. The summed E-state index contributed by atoms with van der Waals surface area (Å²) in [4.78, 5) is 18.1. The van der Waals surface area contributed by atoms with E-state index in [-0.39, 0.29) is 11.6 Å². The molecular formula is C22H25N3O2S. The largest absolute Gasteiger partial charge is 0.360 e. The van der Waals surface area contributed by atoms with E-state index in [9.17, 15) is 4.79 Å². The Kier molecular flexibility index (Phi) is 5.08. The molecule has 4 rings (SSSR count).